The van der Waals surface area contributed by atoms with E-state index >= 15 is 0 Å². The average Bonchev–Trinajstić information content (AvgIpc) is 0.774. The molecule has 6 heterocycles. The summed E-state index contributed by atoms with van der Waals surface area (Å²) in [6, 6.07) is 0. The van der Waals surface area contributed by atoms with Gasteiger partial charge in [0.1, 0.15) is 210 Å². The van der Waals surface area contributed by atoms with Gasteiger partial charge in [-0.05, 0) is 0 Å². The highest BCUT2D eigenvalue weighted by Crippen LogP contribution is 2.38. The molecule has 0 saturated carbocycles. The van der Waals surface area contributed by atoms with Gasteiger partial charge in [0.25, 0.3) is 0 Å². The van der Waals surface area contributed by atoms with Crippen molar-refractivity contribution in [3.63, 3.8) is 0 Å². The average molecular weight is 1600 g/mol. The molecular weight excluding hydrogens is 1460 g/mol. The fraction of sp³-hybridized carbons (Fsp3) is 1.00. The van der Waals surface area contributed by atoms with Crippen molar-refractivity contribution in [1.29, 1.82) is 0 Å². The molecule has 0 aromatic carbocycles. The van der Waals surface area contributed by atoms with Crippen molar-refractivity contribution in [2.75, 3.05) is 225 Å². The number of hydrogen-bond donors (Lipinski definition) is 18. The predicted molar refractivity (Wildman–Crippen MR) is 372 cm³/mol. The summed E-state index contributed by atoms with van der Waals surface area (Å²) >= 11 is 0. The third-order valence-corrected chi connectivity index (χ3v) is 18.7. The summed E-state index contributed by atoms with van der Waals surface area (Å²) in [4.78, 5) is 0. The van der Waals surface area contributed by atoms with Gasteiger partial charge in [0, 0.05) is 14.2 Å². The Morgan fingerprint density at radius 1 is 0.239 bits per heavy atom. The van der Waals surface area contributed by atoms with Crippen molar-refractivity contribution in [2.24, 2.45) is 0 Å². The second-order valence-corrected chi connectivity index (χ2v) is 34.6. The molecule has 0 radical (unpaired) electrons. The van der Waals surface area contributed by atoms with Gasteiger partial charge in [-0.1, -0.05) is 0 Å². The van der Waals surface area contributed by atoms with E-state index in [0.29, 0.717) is 35.5 Å². The summed E-state index contributed by atoms with van der Waals surface area (Å²) in [5, 5.41) is 206. The normalized spacial score (nSPS) is 39.8. The van der Waals surface area contributed by atoms with E-state index in [1.807, 2.05) is 106 Å². The van der Waals surface area contributed by atoms with E-state index < -0.39 is 241 Å². The van der Waals surface area contributed by atoms with E-state index in [1.54, 1.807) is 0 Å². The molecule has 0 aromatic heterocycles. The highest BCUT2D eigenvalue weighted by Gasteiger charge is 2.58. The van der Waals surface area contributed by atoms with E-state index in [0.717, 1.165) is 7.11 Å². The number of methoxy groups -OCH3 is 2. The molecule has 0 aromatic rings. The van der Waals surface area contributed by atoms with Crippen LogP contribution in [0.4, 0.5) is 0 Å². The van der Waals surface area contributed by atoms with Crippen LogP contribution in [0.5, 0.6) is 0 Å². The van der Waals surface area contributed by atoms with Gasteiger partial charge in [0.15, 0.2) is 37.7 Å². The molecule has 644 valence electrons. The number of ether oxygens (including phenoxy) is 18. The molecule has 6 aliphatic rings. The quantitative estimate of drug-likeness (QED) is 0.0252. The Kier molecular flexibility index (Phi) is 37.2. The smallest absolute Gasteiger partial charge is 0.187 e. The third-order valence-electron chi connectivity index (χ3n) is 18.7. The van der Waals surface area contributed by atoms with Gasteiger partial charge >= 0.3 is 0 Å². The molecule has 0 aliphatic carbocycles. The van der Waals surface area contributed by atoms with Crippen LogP contribution >= 0.6 is 0 Å². The number of nitrogens with zero attached hydrogens (tertiary/aromatic N) is 5. The molecule has 109 heavy (non-hydrogen) atoms. The number of aliphatic hydroxyl groups is 18. The highest BCUT2D eigenvalue weighted by atomic mass is 16.8. The van der Waals surface area contributed by atoms with E-state index in [1.165, 1.54) is 7.11 Å². The number of hydrogen-bond acceptors (Lipinski definition) is 36. The molecule has 0 spiro atoms. The van der Waals surface area contributed by atoms with Crippen molar-refractivity contribution in [3.8, 4) is 0 Å². The topological polar surface area (TPSA) is 530 Å². The van der Waals surface area contributed by atoms with Crippen molar-refractivity contribution in [1.82, 2.24) is 0 Å². The van der Waals surface area contributed by atoms with Gasteiger partial charge in [-0.15, -0.1) is 0 Å². The van der Waals surface area contributed by atoms with Crippen molar-refractivity contribution < 1.29 is 200 Å². The maximum Gasteiger partial charge on any atom is 0.187 e. The Morgan fingerprint density at radius 3 is 0.706 bits per heavy atom. The molecular formula is C68H136N5O36+5. The van der Waals surface area contributed by atoms with Crippen LogP contribution in [-0.4, -0.2) is 554 Å². The van der Waals surface area contributed by atoms with Crippen molar-refractivity contribution >= 4 is 0 Å². The third kappa shape index (κ3) is 29.4. The SMILES string of the molecule is COC1OC(COC2OC(COCC(O)C[N+](C)(C)C)C(O)C(O)C2O)C(OC2OC(COCC(O)C[N+](C)(C)C)C(OC3OC(COCC(O)C[N+](C)(C)C)C(OC4OC(COCC(O)C[N+](C)(C)C)C(OC5OC(COCC(O)C[N+](C)(C)C)C(OC)C(O)C5O)C(O)C4O)C(O)C3O)C(O)C2O)C(O)C1O. The van der Waals surface area contributed by atoms with Gasteiger partial charge in [-0.2, -0.15) is 0 Å². The van der Waals surface area contributed by atoms with Crippen LogP contribution in [0.25, 0.3) is 0 Å². The molecule has 0 bridgehead atoms. The monoisotopic (exact) mass is 1600 g/mol. The highest BCUT2D eigenvalue weighted by molar-refractivity contribution is 5.00. The second-order valence-electron chi connectivity index (χ2n) is 34.6. The molecule has 41 nitrogen and oxygen atoms in total. The van der Waals surface area contributed by atoms with Crippen molar-refractivity contribution in [2.45, 2.75) is 215 Å². The zero-order chi connectivity index (χ0) is 81.7. The number of aliphatic hydroxyl groups excluding tert-OH is 18. The molecule has 6 fully saturated rings. The Balaban J connectivity index is 1.27. The number of rotatable bonds is 43. The van der Waals surface area contributed by atoms with E-state index in [4.69, 9.17) is 85.3 Å². The summed E-state index contributed by atoms with van der Waals surface area (Å²) in [6.07, 6.45) is -59.3. The fourth-order valence-corrected chi connectivity index (χ4v) is 13.8. The zero-order valence-electron chi connectivity index (χ0n) is 66.2. The van der Waals surface area contributed by atoms with Crippen LogP contribution in [0.1, 0.15) is 0 Å². The lowest BCUT2D eigenvalue weighted by molar-refractivity contribution is -0.873. The standard InChI is InChI=1S/C68H136N5O36/c1-69(2,3)18-34(74)23-94-28-39-45(79)46(80)52(86)64(100-39)99-33-44-62(48(82)53(87)63(93-17)101-44)109-68-57(91)51(85)61(43(105-68)32-98-27-38(78)22-73(13,14)15)108-67-56(90)50(84)60(42(104-67)31-97-26-37(77)21-72(10,11)12)107-66-55(89)49(83)59(41(103-66)30-96-25-36(76)20-71(7,8)9)106-65-54(88)47(81)58(92-16)40(102-65)29-95-24-35(75)19-70(4,5)6/h34-68,74-91H,18-33H2,1-17H3/q+5. The maximum atomic E-state index is 12.3. The molecule has 41 heteroatoms. The van der Waals surface area contributed by atoms with Gasteiger partial charge in [0.05, 0.1) is 178 Å². The van der Waals surface area contributed by atoms with Gasteiger partial charge in [-0.3, -0.25) is 0 Å². The molecule has 6 saturated heterocycles. The van der Waals surface area contributed by atoms with Crippen LogP contribution in [0, 0.1) is 0 Å². The van der Waals surface area contributed by atoms with Gasteiger partial charge in [-0.25, -0.2) is 0 Å². The molecule has 0 amide bonds. The van der Waals surface area contributed by atoms with Crippen molar-refractivity contribution in [3.05, 3.63) is 0 Å². The molecule has 35 unspecified atom stereocenters. The van der Waals surface area contributed by atoms with E-state index in [9.17, 15) is 91.9 Å². The number of quaternary nitrogens is 5. The minimum Gasteiger partial charge on any atom is -0.387 e. The van der Waals surface area contributed by atoms with Gasteiger partial charge in [0.2, 0.25) is 0 Å². The summed E-state index contributed by atoms with van der Waals surface area (Å²) in [5.41, 5.74) is 0. The van der Waals surface area contributed by atoms with Gasteiger partial charge < -0.3 is 200 Å². The molecule has 6 aliphatic heterocycles. The zero-order valence-corrected chi connectivity index (χ0v) is 66.2. The molecule has 6 rings (SSSR count). The minimum atomic E-state index is -2.22. The Bertz CT molecular complexity index is 2580. The van der Waals surface area contributed by atoms with Crippen LogP contribution in [0.2, 0.25) is 0 Å². The summed E-state index contributed by atoms with van der Waals surface area (Å²) in [6.45, 7) is -3.25. The minimum absolute atomic E-state index is 0.149. The van der Waals surface area contributed by atoms with Crippen LogP contribution in [-0.2, 0) is 85.3 Å². The van der Waals surface area contributed by atoms with E-state index in [2.05, 4.69) is 0 Å². The number of likely N-dealkylation sites (N-methyl/N-ethyl adjacent to an activating group) is 5. The first-order chi connectivity index (χ1) is 50.5. The summed E-state index contributed by atoms with van der Waals surface area (Å²) in [7, 11) is 30.1. The molecule has 35 atom stereocenters. The Hall–Kier alpha value is -1.64. The second kappa shape index (κ2) is 42.2. The Labute approximate surface area is 637 Å². The van der Waals surface area contributed by atoms with Crippen LogP contribution < -0.4 is 0 Å². The maximum absolute atomic E-state index is 12.3. The lowest BCUT2D eigenvalue weighted by Gasteiger charge is -2.50. The first-order valence-corrected chi connectivity index (χ1v) is 36.9. The fourth-order valence-electron chi connectivity index (χ4n) is 13.8. The lowest BCUT2D eigenvalue weighted by Crippen LogP contribution is -2.68. The Morgan fingerprint density at radius 2 is 0.450 bits per heavy atom. The first-order valence-electron chi connectivity index (χ1n) is 36.9. The summed E-state index contributed by atoms with van der Waals surface area (Å²) < 4.78 is 110. The first kappa shape index (κ1) is 96.2. The van der Waals surface area contributed by atoms with E-state index in [-0.39, 0.29) is 65.9 Å². The van der Waals surface area contributed by atoms with Crippen LogP contribution in [0.15, 0.2) is 0 Å². The molecule has 18 N–H and O–H groups in total. The van der Waals surface area contributed by atoms with Crippen LogP contribution in [0.3, 0.4) is 0 Å². The lowest BCUT2D eigenvalue weighted by atomic mass is 9.95. The predicted octanol–water partition coefficient (Wildman–Crippen LogP) is -12.3. The summed E-state index contributed by atoms with van der Waals surface area (Å²) in [5.74, 6) is 0. The largest absolute Gasteiger partial charge is 0.387 e.